The first kappa shape index (κ1) is 24.6. The number of halogens is 2. The lowest BCUT2D eigenvalue weighted by atomic mass is 10.0. The minimum atomic E-state index is -0.190. The molecular formula is C26H28Cl2N2O4. The van der Waals surface area contributed by atoms with E-state index in [1.54, 1.807) is 24.3 Å². The van der Waals surface area contributed by atoms with Crippen LogP contribution in [0.3, 0.4) is 0 Å². The van der Waals surface area contributed by atoms with Crippen molar-refractivity contribution >= 4 is 34.9 Å². The van der Waals surface area contributed by atoms with Crippen LogP contribution in [-0.4, -0.2) is 48.9 Å². The number of ether oxygens (including phenoxy) is 2. The van der Waals surface area contributed by atoms with Crippen molar-refractivity contribution in [2.75, 3.05) is 26.2 Å². The number of hydrogen-bond donors (Lipinski definition) is 1. The molecule has 0 atom stereocenters. The number of piperidine rings is 1. The molecular weight excluding hydrogens is 475 g/mol. The molecule has 2 aromatic carbocycles. The Bertz CT molecular complexity index is 1120. The van der Waals surface area contributed by atoms with Crippen molar-refractivity contribution in [1.29, 1.82) is 0 Å². The van der Waals surface area contributed by atoms with Crippen molar-refractivity contribution in [1.82, 2.24) is 10.2 Å². The first-order valence-corrected chi connectivity index (χ1v) is 12.2. The maximum atomic E-state index is 12.7. The van der Waals surface area contributed by atoms with Gasteiger partial charge in [0.05, 0.1) is 17.2 Å². The number of carbonyl (C=O) groups excluding carboxylic acids is 2. The van der Waals surface area contributed by atoms with Gasteiger partial charge in [-0.15, -0.1) is 0 Å². The molecule has 1 N–H and O–H groups in total. The molecule has 1 saturated heterocycles. The minimum absolute atomic E-state index is 0.109. The van der Waals surface area contributed by atoms with Crippen LogP contribution in [0.5, 0.6) is 11.5 Å². The number of fused-ring (bicyclic) bond motifs is 1. The van der Waals surface area contributed by atoms with Crippen LogP contribution in [0.1, 0.15) is 53.8 Å². The average Bonchev–Trinajstić information content (AvgIpc) is 3.17. The van der Waals surface area contributed by atoms with E-state index in [4.69, 9.17) is 32.7 Å². The monoisotopic (exact) mass is 502 g/mol. The van der Waals surface area contributed by atoms with Crippen molar-refractivity contribution in [2.45, 2.75) is 39.2 Å². The molecule has 4 rings (SSSR count). The second-order valence-electron chi connectivity index (χ2n) is 8.81. The Balaban J connectivity index is 1.21. The Labute approximate surface area is 209 Å². The van der Waals surface area contributed by atoms with Gasteiger partial charge < -0.3 is 19.7 Å². The summed E-state index contributed by atoms with van der Waals surface area (Å²) in [6.07, 6.45) is 2.58. The number of likely N-dealkylation sites (tertiary alicyclic amines) is 1. The maximum Gasteiger partial charge on any atom is 0.253 e. The third-order valence-corrected chi connectivity index (χ3v) is 6.62. The third kappa shape index (κ3) is 5.57. The molecule has 34 heavy (non-hydrogen) atoms. The molecule has 6 nitrogen and oxygen atoms in total. The SMILES string of the molecule is CC(C)=C1Oc2cccc(OCCCN3CCC(NC(=O)c4cc(Cl)ccc4Cl)CC3)c2C1=O. The summed E-state index contributed by atoms with van der Waals surface area (Å²) in [5, 5.41) is 3.96. The lowest BCUT2D eigenvalue weighted by Gasteiger charge is -2.32. The lowest BCUT2D eigenvalue weighted by molar-refractivity contribution is 0.0909. The number of nitrogens with one attached hydrogen (secondary N) is 1. The van der Waals surface area contributed by atoms with E-state index in [0.29, 0.717) is 45.0 Å². The topological polar surface area (TPSA) is 67.9 Å². The fourth-order valence-electron chi connectivity index (χ4n) is 4.24. The summed E-state index contributed by atoms with van der Waals surface area (Å²) in [4.78, 5) is 27.6. The number of carbonyl (C=O) groups is 2. The molecule has 0 saturated carbocycles. The van der Waals surface area contributed by atoms with Crippen LogP contribution >= 0.6 is 23.2 Å². The van der Waals surface area contributed by atoms with Gasteiger partial charge in [0.1, 0.15) is 17.1 Å². The number of allylic oxidation sites excluding steroid dienone is 2. The van der Waals surface area contributed by atoms with Crippen molar-refractivity contribution in [3.63, 3.8) is 0 Å². The van der Waals surface area contributed by atoms with E-state index in [1.165, 1.54) is 0 Å². The third-order valence-electron chi connectivity index (χ3n) is 6.06. The van der Waals surface area contributed by atoms with Crippen LogP contribution in [0, 0.1) is 0 Å². The van der Waals surface area contributed by atoms with Gasteiger partial charge in [0, 0.05) is 30.7 Å². The molecule has 2 aliphatic rings. The van der Waals surface area contributed by atoms with E-state index in [-0.39, 0.29) is 17.7 Å². The van der Waals surface area contributed by atoms with Gasteiger partial charge in [-0.3, -0.25) is 9.59 Å². The smallest absolute Gasteiger partial charge is 0.253 e. The summed E-state index contributed by atoms with van der Waals surface area (Å²) in [5.41, 5.74) is 1.76. The number of Topliss-reactive ketones (excluding diaryl/α,β-unsaturated/α-hetero) is 1. The van der Waals surface area contributed by atoms with Crippen LogP contribution in [-0.2, 0) is 0 Å². The van der Waals surface area contributed by atoms with Crippen molar-refractivity contribution in [2.24, 2.45) is 0 Å². The lowest BCUT2D eigenvalue weighted by Crippen LogP contribution is -2.45. The summed E-state index contributed by atoms with van der Waals surface area (Å²) in [6.45, 7) is 6.91. The molecule has 2 heterocycles. The molecule has 0 aliphatic carbocycles. The summed E-state index contributed by atoms with van der Waals surface area (Å²) in [5.74, 6) is 1.21. The van der Waals surface area contributed by atoms with Gasteiger partial charge in [-0.1, -0.05) is 29.3 Å². The van der Waals surface area contributed by atoms with Crippen LogP contribution in [0.15, 0.2) is 47.7 Å². The van der Waals surface area contributed by atoms with Crippen LogP contribution in [0.25, 0.3) is 0 Å². The van der Waals surface area contributed by atoms with Gasteiger partial charge in [0.2, 0.25) is 5.78 Å². The average molecular weight is 503 g/mol. The zero-order valence-corrected chi connectivity index (χ0v) is 20.8. The largest absolute Gasteiger partial charge is 0.493 e. The van der Waals surface area contributed by atoms with Crippen LogP contribution in [0.2, 0.25) is 10.0 Å². The predicted molar refractivity (Wildman–Crippen MR) is 133 cm³/mol. The zero-order valence-electron chi connectivity index (χ0n) is 19.3. The van der Waals surface area contributed by atoms with E-state index in [0.717, 1.165) is 44.5 Å². The first-order valence-electron chi connectivity index (χ1n) is 11.5. The van der Waals surface area contributed by atoms with E-state index in [9.17, 15) is 9.59 Å². The van der Waals surface area contributed by atoms with E-state index < -0.39 is 0 Å². The Kier molecular flexibility index (Phi) is 7.81. The Morgan fingerprint density at radius 2 is 1.94 bits per heavy atom. The summed E-state index contributed by atoms with van der Waals surface area (Å²) in [6, 6.07) is 10.4. The zero-order chi connectivity index (χ0) is 24.2. The Hall–Kier alpha value is -2.54. The van der Waals surface area contributed by atoms with Gasteiger partial charge in [-0.05, 0) is 69.0 Å². The predicted octanol–water partition coefficient (Wildman–Crippen LogP) is 5.53. The molecule has 0 aromatic heterocycles. The molecule has 0 unspecified atom stereocenters. The number of amides is 1. The summed E-state index contributed by atoms with van der Waals surface area (Å²) < 4.78 is 11.7. The van der Waals surface area contributed by atoms with Crippen molar-refractivity contribution in [3.05, 3.63) is 68.9 Å². The van der Waals surface area contributed by atoms with Gasteiger partial charge >= 0.3 is 0 Å². The van der Waals surface area contributed by atoms with Crippen molar-refractivity contribution < 1.29 is 19.1 Å². The second kappa shape index (κ2) is 10.8. The molecule has 0 spiro atoms. The molecule has 1 amide bonds. The van der Waals surface area contributed by atoms with Gasteiger partial charge in [-0.25, -0.2) is 0 Å². The molecule has 2 aromatic rings. The van der Waals surface area contributed by atoms with E-state index in [1.807, 2.05) is 26.0 Å². The second-order valence-corrected chi connectivity index (χ2v) is 9.65. The highest BCUT2D eigenvalue weighted by Crippen LogP contribution is 2.38. The maximum absolute atomic E-state index is 12.7. The number of rotatable bonds is 7. The highest BCUT2D eigenvalue weighted by Gasteiger charge is 2.31. The molecule has 8 heteroatoms. The van der Waals surface area contributed by atoms with Crippen molar-refractivity contribution in [3.8, 4) is 11.5 Å². The standard InChI is InChI=1S/C26H28Cl2N2O4/c1-16(2)25-24(31)23-21(5-3-6-22(23)34-25)33-14-4-11-30-12-9-18(10-13-30)29-26(32)19-15-17(27)7-8-20(19)28/h3,5-8,15,18H,4,9-14H2,1-2H3,(H,29,32). The molecule has 2 aliphatic heterocycles. The quantitative estimate of drug-likeness (QED) is 0.398. The summed E-state index contributed by atoms with van der Waals surface area (Å²) >= 11 is 12.1. The number of ketones is 1. The highest BCUT2D eigenvalue weighted by molar-refractivity contribution is 6.35. The van der Waals surface area contributed by atoms with Gasteiger partial charge in [0.25, 0.3) is 5.91 Å². The van der Waals surface area contributed by atoms with Crippen LogP contribution in [0.4, 0.5) is 0 Å². The highest BCUT2D eigenvalue weighted by atomic mass is 35.5. The normalized spacial score (nSPS) is 16.2. The minimum Gasteiger partial charge on any atom is -0.493 e. The molecule has 0 radical (unpaired) electrons. The Morgan fingerprint density at radius 3 is 2.68 bits per heavy atom. The van der Waals surface area contributed by atoms with Gasteiger partial charge in [-0.2, -0.15) is 0 Å². The Morgan fingerprint density at radius 1 is 1.18 bits per heavy atom. The van der Waals surface area contributed by atoms with E-state index >= 15 is 0 Å². The fraction of sp³-hybridized carbons (Fsp3) is 0.385. The fourth-order valence-corrected chi connectivity index (χ4v) is 4.62. The first-order chi connectivity index (χ1) is 16.3. The summed E-state index contributed by atoms with van der Waals surface area (Å²) in [7, 11) is 0. The number of benzene rings is 2. The number of nitrogens with zero attached hydrogens (tertiary/aromatic N) is 1. The number of hydrogen-bond acceptors (Lipinski definition) is 5. The van der Waals surface area contributed by atoms with E-state index in [2.05, 4.69) is 10.2 Å². The van der Waals surface area contributed by atoms with Gasteiger partial charge in [0.15, 0.2) is 5.76 Å². The van der Waals surface area contributed by atoms with Crippen LogP contribution < -0.4 is 14.8 Å². The molecule has 180 valence electrons. The molecule has 1 fully saturated rings. The molecule has 0 bridgehead atoms.